The van der Waals surface area contributed by atoms with Crippen molar-refractivity contribution >= 4 is 23.3 Å². The van der Waals surface area contributed by atoms with Crippen LogP contribution in [0.5, 0.6) is 0 Å². The number of hydrogen-bond acceptors (Lipinski definition) is 0. The summed E-state index contributed by atoms with van der Waals surface area (Å²) in [6.07, 6.45) is 0. The van der Waals surface area contributed by atoms with Gasteiger partial charge in [0.05, 0.1) is 0 Å². The van der Waals surface area contributed by atoms with Crippen LogP contribution < -0.4 is 0 Å². The van der Waals surface area contributed by atoms with E-state index in [0.717, 1.165) is 0 Å². The molecule has 1 rings (SSSR count). The monoisotopic (exact) mass is 222 g/mol. The lowest BCUT2D eigenvalue weighted by Crippen LogP contribution is -2.53. The molecule has 0 N–H and O–H groups in total. The SMILES string of the molecule is C[Si]1(C)C#C[Si](C)(C)[Si](C)(C)C#C1. The fourth-order valence-corrected chi connectivity index (χ4v) is 9.66. The maximum absolute atomic E-state index is 3.59. The Morgan fingerprint density at radius 1 is 0.538 bits per heavy atom. The van der Waals surface area contributed by atoms with Crippen molar-refractivity contribution < 1.29 is 0 Å². The van der Waals surface area contributed by atoms with Gasteiger partial charge >= 0.3 is 0 Å². The zero-order valence-corrected chi connectivity index (χ0v) is 12.5. The van der Waals surface area contributed by atoms with Gasteiger partial charge in [-0.3, -0.25) is 0 Å². The van der Waals surface area contributed by atoms with E-state index in [1.807, 2.05) is 0 Å². The minimum Gasteiger partial charge on any atom is -0.139 e. The highest BCUT2D eigenvalue weighted by Crippen LogP contribution is 2.19. The fourth-order valence-electron chi connectivity index (χ4n) is 0.969. The van der Waals surface area contributed by atoms with E-state index >= 15 is 0 Å². The van der Waals surface area contributed by atoms with Gasteiger partial charge in [-0.1, -0.05) is 26.2 Å². The van der Waals surface area contributed by atoms with Crippen molar-refractivity contribution in [1.29, 1.82) is 0 Å². The summed E-state index contributed by atoms with van der Waals surface area (Å²) >= 11 is 0. The largest absolute Gasteiger partial charge is 0.209 e. The molecule has 70 valence electrons. The molecule has 0 saturated carbocycles. The van der Waals surface area contributed by atoms with E-state index in [2.05, 4.69) is 61.5 Å². The standard InChI is InChI=1S/C10H18Si3/c1-11(2)7-9-12(3,4)13(5,6)10-8-11/h1-6H3. The smallest absolute Gasteiger partial charge is 0.139 e. The minimum absolute atomic E-state index is 1.32. The highest BCUT2D eigenvalue weighted by molar-refractivity contribution is 7.47. The minimum atomic E-state index is -1.47. The predicted octanol–water partition coefficient (Wildman–Crippen LogP) is 2.37. The van der Waals surface area contributed by atoms with E-state index in [-0.39, 0.29) is 0 Å². The summed E-state index contributed by atoms with van der Waals surface area (Å²) in [5.41, 5.74) is 14.1. The maximum atomic E-state index is 3.59. The highest BCUT2D eigenvalue weighted by Gasteiger charge is 2.41. The third-order valence-corrected chi connectivity index (χ3v) is 19.7. The van der Waals surface area contributed by atoms with Crippen LogP contribution in [0.3, 0.4) is 0 Å². The molecule has 1 heterocycles. The molecule has 0 saturated heterocycles. The van der Waals surface area contributed by atoms with Crippen LogP contribution in [-0.2, 0) is 0 Å². The molecule has 1 aliphatic heterocycles. The molecule has 0 unspecified atom stereocenters. The molecule has 0 radical (unpaired) electrons. The van der Waals surface area contributed by atoms with Crippen molar-refractivity contribution in [1.82, 2.24) is 0 Å². The van der Waals surface area contributed by atoms with E-state index in [1.165, 1.54) is 0 Å². The van der Waals surface area contributed by atoms with Crippen LogP contribution in [-0.4, -0.2) is 23.3 Å². The van der Waals surface area contributed by atoms with Crippen LogP contribution in [0.2, 0.25) is 39.3 Å². The summed E-state index contributed by atoms with van der Waals surface area (Å²) in [7, 11) is -4.11. The van der Waals surface area contributed by atoms with Gasteiger partial charge in [-0.25, -0.2) is 0 Å². The molecule has 1 aliphatic rings. The molecule has 0 aromatic heterocycles. The Balaban J connectivity index is 3.28. The average Bonchev–Trinajstić information content (AvgIpc) is 2.02. The average molecular weight is 223 g/mol. The van der Waals surface area contributed by atoms with Crippen LogP contribution >= 0.6 is 0 Å². The first-order valence-electron chi connectivity index (χ1n) is 4.75. The zero-order valence-electron chi connectivity index (χ0n) is 9.50. The summed E-state index contributed by atoms with van der Waals surface area (Å²) < 4.78 is 0. The lowest BCUT2D eigenvalue weighted by molar-refractivity contribution is 1.85. The molecule has 3 heteroatoms. The molecule has 0 amide bonds. The van der Waals surface area contributed by atoms with Crippen molar-refractivity contribution in [3.05, 3.63) is 0 Å². The predicted molar refractivity (Wildman–Crippen MR) is 68.0 cm³/mol. The van der Waals surface area contributed by atoms with Crippen LogP contribution in [0.1, 0.15) is 0 Å². The van der Waals surface area contributed by atoms with Crippen LogP contribution in [0, 0.1) is 22.2 Å². The number of rotatable bonds is 0. The molecule has 0 aromatic rings. The topological polar surface area (TPSA) is 0 Å². The molecule has 0 spiro atoms. The van der Waals surface area contributed by atoms with E-state index < -0.39 is 23.3 Å². The Morgan fingerprint density at radius 3 is 1.15 bits per heavy atom. The third-order valence-electron chi connectivity index (χ3n) is 2.94. The van der Waals surface area contributed by atoms with Crippen LogP contribution in [0.25, 0.3) is 0 Å². The second-order valence-corrected chi connectivity index (χ2v) is 23.6. The van der Waals surface area contributed by atoms with Crippen LogP contribution in [0.15, 0.2) is 0 Å². The molecule has 0 atom stereocenters. The van der Waals surface area contributed by atoms with Crippen molar-refractivity contribution in [2.75, 3.05) is 0 Å². The third kappa shape index (κ3) is 2.17. The maximum Gasteiger partial charge on any atom is 0.209 e. The second-order valence-electron chi connectivity index (χ2n) is 5.38. The van der Waals surface area contributed by atoms with Gasteiger partial charge in [0.25, 0.3) is 0 Å². The quantitative estimate of drug-likeness (QED) is 0.436. The molecule has 0 bridgehead atoms. The van der Waals surface area contributed by atoms with Crippen molar-refractivity contribution in [3.8, 4) is 22.2 Å². The molecule has 0 nitrogen and oxygen atoms in total. The first-order valence-corrected chi connectivity index (χ1v) is 14.8. The zero-order chi connectivity index (χ0) is 10.3. The Hall–Kier alpha value is -0.229. The normalized spacial score (nSPS) is 26.0. The van der Waals surface area contributed by atoms with E-state index in [4.69, 9.17) is 0 Å². The second kappa shape index (κ2) is 2.88. The Morgan fingerprint density at radius 2 is 0.846 bits per heavy atom. The van der Waals surface area contributed by atoms with Crippen molar-refractivity contribution in [2.45, 2.75) is 39.3 Å². The summed E-state index contributed by atoms with van der Waals surface area (Å²) in [6, 6.07) is 0. The van der Waals surface area contributed by atoms with Gasteiger partial charge in [0.15, 0.2) is 0 Å². The summed E-state index contributed by atoms with van der Waals surface area (Å²) in [6.45, 7) is 14.1. The lowest BCUT2D eigenvalue weighted by Gasteiger charge is -2.27. The summed E-state index contributed by atoms with van der Waals surface area (Å²) in [5, 5.41) is 0. The van der Waals surface area contributed by atoms with Gasteiger partial charge in [-0.05, 0) is 13.1 Å². The number of hydrogen-bond donors (Lipinski definition) is 0. The van der Waals surface area contributed by atoms with Crippen LogP contribution in [0.4, 0.5) is 0 Å². The Bertz CT molecular complexity index is 308. The van der Waals surface area contributed by atoms with Crippen molar-refractivity contribution in [3.63, 3.8) is 0 Å². The fraction of sp³-hybridized carbons (Fsp3) is 0.600. The van der Waals surface area contributed by atoms with Crippen molar-refractivity contribution in [2.24, 2.45) is 0 Å². The summed E-state index contributed by atoms with van der Waals surface area (Å²) in [4.78, 5) is 0. The van der Waals surface area contributed by atoms with E-state index in [9.17, 15) is 0 Å². The van der Waals surface area contributed by atoms with Gasteiger partial charge in [-0.15, -0.1) is 22.2 Å². The first kappa shape index (κ1) is 10.8. The van der Waals surface area contributed by atoms with Gasteiger partial charge in [0.2, 0.25) is 8.07 Å². The molecule has 0 aromatic carbocycles. The molecule has 0 fully saturated rings. The molecule has 0 aliphatic carbocycles. The summed E-state index contributed by atoms with van der Waals surface area (Å²) in [5.74, 6) is 0. The van der Waals surface area contributed by atoms with E-state index in [1.54, 1.807) is 0 Å². The Labute approximate surface area is 84.9 Å². The Kier molecular flexibility index (Phi) is 2.40. The van der Waals surface area contributed by atoms with Gasteiger partial charge in [-0.2, -0.15) is 0 Å². The van der Waals surface area contributed by atoms with E-state index in [0.29, 0.717) is 0 Å². The van der Waals surface area contributed by atoms with Gasteiger partial charge in [0, 0.05) is 0 Å². The molecule has 13 heavy (non-hydrogen) atoms. The highest BCUT2D eigenvalue weighted by atomic mass is 29.3. The van der Waals surface area contributed by atoms with Gasteiger partial charge < -0.3 is 0 Å². The lowest BCUT2D eigenvalue weighted by atomic mass is 11.3. The molecular weight excluding hydrogens is 204 g/mol. The van der Waals surface area contributed by atoms with Gasteiger partial charge in [0.1, 0.15) is 15.2 Å². The molecular formula is C10H18Si3. The first-order chi connectivity index (χ1) is 5.66.